The summed E-state index contributed by atoms with van der Waals surface area (Å²) in [5, 5.41) is 3.65. The molecule has 0 aliphatic heterocycles. The fourth-order valence-corrected chi connectivity index (χ4v) is 6.80. The summed E-state index contributed by atoms with van der Waals surface area (Å²) in [4.78, 5) is -0.0187. The van der Waals surface area contributed by atoms with Crippen molar-refractivity contribution in [2.45, 2.75) is 40.7 Å². The highest BCUT2D eigenvalue weighted by Crippen LogP contribution is 2.36. The van der Waals surface area contributed by atoms with Crippen molar-refractivity contribution < 1.29 is 16.8 Å². The molecule has 0 amide bonds. The van der Waals surface area contributed by atoms with Crippen molar-refractivity contribution >= 4 is 36.0 Å². The molecule has 3 rings (SSSR count). The summed E-state index contributed by atoms with van der Waals surface area (Å²) >= 11 is 1.12. The van der Waals surface area contributed by atoms with Crippen LogP contribution in [0.4, 0.5) is 5.00 Å². The molecule has 1 N–H and O–H groups in total. The van der Waals surface area contributed by atoms with E-state index in [1.54, 1.807) is 25.2 Å². The third-order valence-corrected chi connectivity index (χ3v) is 9.42. The Morgan fingerprint density at radius 2 is 1.47 bits per heavy atom. The van der Waals surface area contributed by atoms with Gasteiger partial charge in [-0.15, -0.1) is 11.3 Å². The fraction of sp³-hybridized carbons (Fsp3) is 0.273. The molecule has 0 atom stereocenters. The van der Waals surface area contributed by atoms with E-state index in [-0.39, 0.29) is 14.0 Å². The molecule has 0 unspecified atom stereocenters. The number of hydrogen-bond acceptors (Lipinski definition) is 6. The first kappa shape index (κ1) is 22.5. The lowest BCUT2D eigenvalue weighted by molar-refractivity contribution is 0.597. The molecule has 0 spiro atoms. The lowest BCUT2D eigenvalue weighted by atomic mass is 9.92. The Labute approximate surface area is 182 Å². The maximum absolute atomic E-state index is 13.3. The van der Waals surface area contributed by atoms with Gasteiger partial charge in [0.25, 0.3) is 0 Å². The number of benzene rings is 2. The van der Waals surface area contributed by atoms with Crippen LogP contribution in [0.2, 0.25) is 0 Å². The highest BCUT2D eigenvalue weighted by Gasteiger charge is 2.24. The van der Waals surface area contributed by atoms with Gasteiger partial charge in [-0.05, 0) is 65.4 Å². The van der Waals surface area contributed by atoms with Gasteiger partial charge in [0.1, 0.15) is 4.21 Å². The van der Waals surface area contributed by atoms with Crippen LogP contribution >= 0.6 is 11.3 Å². The standard InChI is InChI=1S/C22H25NO4S3/c1-5-15-8-7-9-16(6-2)22(15)17-12-18(29(4,24)25)14-19(13-17)30(26,27)21-11-10-20(23-3)28-21/h7-14,23H,5-6H2,1-4H3. The molecule has 1 heterocycles. The predicted octanol–water partition coefficient (Wildman–Crippen LogP) is 4.82. The predicted molar refractivity (Wildman–Crippen MR) is 123 cm³/mol. The lowest BCUT2D eigenvalue weighted by Crippen LogP contribution is -2.05. The summed E-state index contributed by atoms with van der Waals surface area (Å²) in [6.07, 6.45) is 2.61. The van der Waals surface area contributed by atoms with Crippen molar-refractivity contribution in [3.63, 3.8) is 0 Å². The highest BCUT2D eigenvalue weighted by molar-refractivity contribution is 7.93. The van der Waals surface area contributed by atoms with Crippen LogP contribution in [0.25, 0.3) is 11.1 Å². The summed E-state index contributed by atoms with van der Waals surface area (Å²) in [5.41, 5.74) is 3.62. The maximum atomic E-state index is 13.3. The minimum atomic E-state index is -3.87. The zero-order valence-corrected chi connectivity index (χ0v) is 19.8. The van der Waals surface area contributed by atoms with E-state index in [0.717, 1.165) is 52.1 Å². The van der Waals surface area contributed by atoms with E-state index in [2.05, 4.69) is 5.32 Å². The van der Waals surface area contributed by atoms with E-state index in [4.69, 9.17) is 0 Å². The van der Waals surface area contributed by atoms with Gasteiger partial charge in [0, 0.05) is 13.3 Å². The smallest absolute Gasteiger partial charge is 0.216 e. The van der Waals surface area contributed by atoms with Crippen molar-refractivity contribution in [2.24, 2.45) is 0 Å². The summed E-state index contributed by atoms with van der Waals surface area (Å²) in [5.74, 6) is 0. The van der Waals surface area contributed by atoms with Gasteiger partial charge >= 0.3 is 0 Å². The summed E-state index contributed by atoms with van der Waals surface area (Å²) in [6.45, 7) is 4.06. The second kappa shape index (κ2) is 8.53. The van der Waals surface area contributed by atoms with Crippen LogP contribution in [0.5, 0.6) is 0 Å². The van der Waals surface area contributed by atoms with Crippen LogP contribution in [0.3, 0.4) is 0 Å². The van der Waals surface area contributed by atoms with Crippen LogP contribution in [-0.2, 0) is 32.5 Å². The number of sulfone groups is 2. The largest absolute Gasteiger partial charge is 0.380 e. The molecule has 5 nitrogen and oxygen atoms in total. The van der Waals surface area contributed by atoms with Crippen LogP contribution in [0.1, 0.15) is 25.0 Å². The van der Waals surface area contributed by atoms with E-state index >= 15 is 0 Å². The highest BCUT2D eigenvalue weighted by atomic mass is 32.2. The molecular weight excluding hydrogens is 438 g/mol. The molecule has 8 heteroatoms. The second-order valence-electron chi connectivity index (χ2n) is 7.00. The van der Waals surface area contributed by atoms with Gasteiger partial charge < -0.3 is 5.32 Å². The van der Waals surface area contributed by atoms with Gasteiger partial charge in [-0.2, -0.15) is 0 Å². The SMILES string of the molecule is CCc1cccc(CC)c1-c1cc(S(C)(=O)=O)cc(S(=O)(=O)c2ccc(NC)s2)c1. The van der Waals surface area contributed by atoms with Crippen LogP contribution < -0.4 is 5.32 Å². The first-order valence-electron chi connectivity index (χ1n) is 9.60. The summed E-state index contributed by atoms with van der Waals surface area (Å²) < 4.78 is 51.6. The van der Waals surface area contributed by atoms with Crippen molar-refractivity contribution in [1.29, 1.82) is 0 Å². The molecule has 0 saturated heterocycles. The second-order valence-corrected chi connectivity index (χ2v) is 12.3. The molecular formula is C22H25NO4S3. The molecule has 160 valence electrons. The normalized spacial score (nSPS) is 12.1. The Bertz CT molecular complexity index is 1270. The molecule has 0 saturated carbocycles. The van der Waals surface area contributed by atoms with Gasteiger partial charge in [0.15, 0.2) is 9.84 Å². The number of thiophene rings is 1. The number of hydrogen-bond donors (Lipinski definition) is 1. The third kappa shape index (κ3) is 4.31. The topological polar surface area (TPSA) is 80.3 Å². The van der Waals surface area contributed by atoms with E-state index in [1.807, 2.05) is 32.0 Å². The van der Waals surface area contributed by atoms with Crippen molar-refractivity contribution in [1.82, 2.24) is 0 Å². The Morgan fingerprint density at radius 1 is 0.867 bits per heavy atom. The van der Waals surface area contributed by atoms with Crippen LogP contribution in [0, 0.1) is 0 Å². The van der Waals surface area contributed by atoms with Gasteiger partial charge in [-0.3, -0.25) is 0 Å². The zero-order chi connectivity index (χ0) is 22.1. The van der Waals surface area contributed by atoms with Gasteiger partial charge in [-0.25, -0.2) is 16.8 Å². The summed E-state index contributed by atoms with van der Waals surface area (Å²) in [7, 11) is -5.76. The third-order valence-electron chi connectivity index (χ3n) is 5.00. The Hall–Kier alpha value is -2.16. The van der Waals surface area contributed by atoms with E-state index in [0.29, 0.717) is 5.56 Å². The zero-order valence-electron chi connectivity index (χ0n) is 17.4. The Balaban J connectivity index is 2.33. The molecule has 0 fully saturated rings. The number of rotatable bonds is 7. The van der Waals surface area contributed by atoms with Gasteiger partial charge in [0.2, 0.25) is 9.84 Å². The van der Waals surface area contributed by atoms with E-state index in [1.165, 1.54) is 12.1 Å². The Kier molecular flexibility index (Phi) is 6.40. The molecule has 2 aromatic carbocycles. The van der Waals surface area contributed by atoms with Crippen molar-refractivity contribution in [3.8, 4) is 11.1 Å². The van der Waals surface area contributed by atoms with E-state index < -0.39 is 19.7 Å². The molecule has 0 radical (unpaired) electrons. The first-order chi connectivity index (χ1) is 14.1. The average molecular weight is 464 g/mol. The minimum absolute atomic E-state index is 0.00284. The van der Waals surface area contributed by atoms with E-state index in [9.17, 15) is 16.8 Å². The average Bonchev–Trinajstić information content (AvgIpc) is 3.22. The van der Waals surface area contributed by atoms with Crippen molar-refractivity contribution in [2.75, 3.05) is 18.6 Å². The minimum Gasteiger partial charge on any atom is -0.380 e. The number of anilines is 1. The molecule has 30 heavy (non-hydrogen) atoms. The molecule has 0 bridgehead atoms. The molecule has 3 aromatic rings. The molecule has 0 aliphatic carbocycles. The molecule has 1 aromatic heterocycles. The van der Waals surface area contributed by atoms with Crippen molar-refractivity contribution in [3.05, 3.63) is 59.7 Å². The lowest BCUT2D eigenvalue weighted by Gasteiger charge is -2.16. The molecule has 0 aliphatic rings. The van der Waals surface area contributed by atoms with Gasteiger partial charge in [0.05, 0.1) is 14.8 Å². The number of aryl methyl sites for hydroxylation is 2. The quantitative estimate of drug-likeness (QED) is 0.543. The first-order valence-corrected chi connectivity index (χ1v) is 13.8. The monoisotopic (exact) mass is 463 g/mol. The fourth-order valence-electron chi connectivity index (χ4n) is 3.41. The van der Waals surface area contributed by atoms with Gasteiger partial charge in [-0.1, -0.05) is 32.0 Å². The van der Waals surface area contributed by atoms with Crippen LogP contribution in [0.15, 0.2) is 62.5 Å². The Morgan fingerprint density at radius 3 is 1.97 bits per heavy atom. The summed E-state index contributed by atoms with van der Waals surface area (Å²) in [6, 6.07) is 13.6. The van der Waals surface area contributed by atoms with Crippen LogP contribution in [-0.4, -0.2) is 30.1 Å². The maximum Gasteiger partial charge on any atom is 0.216 e. The number of nitrogens with one attached hydrogen (secondary N) is 1.